The van der Waals surface area contributed by atoms with Gasteiger partial charge in [-0.15, -0.1) is 0 Å². The Labute approximate surface area is 120 Å². The second kappa shape index (κ2) is 6.38. The molecule has 0 unspecified atom stereocenters. The van der Waals surface area contributed by atoms with E-state index < -0.39 is 5.97 Å². The molecule has 0 saturated carbocycles. The zero-order valence-corrected chi connectivity index (χ0v) is 11.1. The normalized spacial score (nSPS) is 10.7. The molecular weight excluding hydrogens is 272 g/mol. The highest BCUT2D eigenvalue weighted by Crippen LogP contribution is 2.09. The van der Waals surface area contributed by atoms with Crippen LogP contribution in [0, 0.1) is 0 Å². The SMILES string of the molecule is Nc1cccc(/C=C/C(=O)Nc2cnn(CC(=O)O)c2)c1. The first-order chi connectivity index (χ1) is 10.0. The minimum absolute atomic E-state index is 0.255. The van der Waals surface area contributed by atoms with E-state index in [0.717, 1.165) is 5.56 Å². The summed E-state index contributed by atoms with van der Waals surface area (Å²) < 4.78 is 1.22. The van der Waals surface area contributed by atoms with Crippen molar-refractivity contribution in [3.63, 3.8) is 0 Å². The van der Waals surface area contributed by atoms with Crippen LogP contribution < -0.4 is 11.1 Å². The number of rotatable bonds is 5. The number of carboxylic acid groups (broad SMARTS) is 1. The number of amides is 1. The van der Waals surface area contributed by atoms with Crippen LogP contribution in [0.4, 0.5) is 11.4 Å². The molecule has 0 fully saturated rings. The molecule has 0 radical (unpaired) electrons. The molecule has 108 valence electrons. The first-order valence-electron chi connectivity index (χ1n) is 6.12. The fraction of sp³-hybridized carbons (Fsp3) is 0.0714. The number of aliphatic carboxylic acids is 1. The van der Waals surface area contributed by atoms with Gasteiger partial charge in [0.2, 0.25) is 5.91 Å². The molecular formula is C14H14N4O3. The Morgan fingerprint density at radius 3 is 2.95 bits per heavy atom. The molecule has 1 heterocycles. The van der Waals surface area contributed by atoms with Crippen LogP contribution in [0.5, 0.6) is 0 Å². The first kappa shape index (κ1) is 14.3. The number of aromatic nitrogens is 2. The van der Waals surface area contributed by atoms with Crippen molar-refractivity contribution in [3.05, 3.63) is 48.3 Å². The predicted molar refractivity (Wildman–Crippen MR) is 78.4 cm³/mol. The van der Waals surface area contributed by atoms with Crippen molar-refractivity contribution in [2.75, 3.05) is 11.1 Å². The average molecular weight is 286 g/mol. The largest absolute Gasteiger partial charge is 0.480 e. The van der Waals surface area contributed by atoms with E-state index in [9.17, 15) is 9.59 Å². The lowest BCUT2D eigenvalue weighted by molar-refractivity contribution is -0.137. The number of carboxylic acids is 1. The third kappa shape index (κ3) is 4.50. The Morgan fingerprint density at radius 2 is 2.24 bits per heavy atom. The van der Waals surface area contributed by atoms with E-state index in [2.05, 4.69) is 10.4 Å². The van der Waals surface area contributed by atoms with E-state index >= 15 is 0 Å². The first-order valence-corrected chi connectivity index (χ1v) is 6.12. The van der Waals surface area contributed by atoms with Gasteiger partial charge in [0.05, 0.1) is 11.9 Å². The molecule has 0 atom stereocenters. The highest BCUT2D eigenvalue weighted by molar-refractivity contribution is 6.01. The van der Waals surface area contributed by atoms with Gasteiger partial charge >= 0.3 is 5.97 Å². The van der Waals surface area contributed by atoms with Crippen molar-refractivity contribution >= 4 is 29.3 Å². The molecule has 21 heavy (non-hydrogen) atoms. The van der Waals surface area contributed by atoms with E-state index in [1.54, 1.807) is 24.3 Å². The summed E-state index contributed by atoms with van der Waals surface area (Å²) in [5.41, 5.74) is 7.50. The second-order valence-corrected chi connectivity index (χ2v) is 4.31. The zero-order chi connectivity index (χ0) is 15.2. The van der Waals surface area contributed by atoms with Gasteiger partial charge < -0.3 is 16.2 Å². The van der Waals surface area contributed by atoms with Crippen molar-refractivity contribution in [1.29, 1.82) is 0 Å². The molecule has 0 bridgehead atoms. The van der Waals surface area contributed by atoms with E-state index in [4.69, 9.17) is 10.8 Å². The van der Waals surface area contributed by atoms with E-state index in [1.165, 1.54) is 23.2 Å². The Kier molecular flexibility index (Phi) is 4.35. The van der Waals surface area contributed by atoms with Gasteiger partial charge in [-0.05, 0) is 23.8 Å². The van der Waals surface area contributed by atoms with Crippen molar-refractivity contribution in [1.82, 2.24) is 9.78 Å². The molecule has 7 heteroatoms. The highest BCUT2D eigenvalue weighted by Gasteiger charge is 2.04. The number of benzene rings is 1. The standard InChI is InChI=1S/C14H14N4O3/c15-11-3-1-2-10(6-11)4-5-13(19)17-12-7-16-18(8-12)9-14(20)21/h1-8H,9,15H2,(H,17,19)(H,20,21)/b5-4+. The monoisotopic (exact) mass is 286 g/mol. The summed E-state index contributed by atoms with van der Waals surface area (Å²) in [4.78, 5) is 22.2. The summed E-state index contributed by atoms with van der Waals surface area (Å²) in [6.07, 6.45) is 5.83. The number of carbonyl (C=O) groups is 2. The molecule has 4 N–H and O–H groups in total. The van der Waals surface area contributed by atoms with Crippen LogP contribution in [0.25, 0.3) is 6.08 Å². The van der Waals surface area contributed by atoms with Crippen molar-refractivity contribution in [3.8, 4) is 0 Å². The van der Waals surface area contributed by atoms with Crippen LogP contribution in [0.1, 0.15) is 5.56 Å². The molecule has 0 spiro atoms. The molecule has 7 nitrogen and oxygen atoms in total. The smallest absolute Gasteiger partial charge is 0.325 e. The quantitative estimate of drug-likeness (QED) is 0.565. The Balaban J connectivity index is 1.95. The predicted octanol–water partition coefficient (Wildman–Crippen LogP) is 1.20. The molecule has 1 aromatic carbocycles. The number of hydrogen-bond acceptors (Lipinski definition) is 4. The number of nitrogens with zero attached hydrogens (tertiary/aromatic N) is 2. The summed E-state index contributed by atoms with van der Waals surface area (Å²) in [6.45, 7) is -0.255. The van der Waals surface area contributed by atoms with E-state index in [-0.39, 0.29) is 12.5 Å². The molecule has 2 aromatic rings. The van der Waals surface area contributed by atoms with E-state index in [1.807, 2.05) is 6.07 Å². The average Bonchev–Trinajstić information content (AvgIpc) is 2.83. The summed E-state index contributed by atoms with van der Waals surface area (Å²) in [5, 5.41) is 15.0. The summed E-state index contributed by atoms with van der Waals surface area (Å²) in [7, 11) is 0. The number of nitrogen functional groups attached to an aromatic ring is 1. The molecule has 0 aliphatic rings. The second-order valence-electron chi connectivity index (χ2n) is 4.31. The van der Waals surface area contributed by atoms with Gasteiger partial charge in [0.25, 0.3) is 0 Å². The van der Waals surface area contributed by atoms with Gasteiger partial charge in [-0.1, -0.05) is 12.1 Å². The van der Waals surface area contributed by atoms with Crippen molar-refractivity contribution in [2.45, 2.75) is 6.54 Å². The maximum absolute atomic E-state index is 11.7. The summed E-state index contributed by atoms with van der Waals surface area (Å²) >= 11 is 0. The fourth-order valence-electron chi connectivity index (χ4n) is 1.67. The van der Waals surface area contributed by atoms with Crippen LogP contribution in [0.2, 0.25) is 0 Å². The van der Waals surface area contributed by atoms with Crippen molar-refractivity contribution < 1.29 is 14.7 Å². The minimum atomic E-state index is -1.00. The summed E-state index contributed by atoms with van der Waals surface area (Å²) in [6, 6.07) is 7.12. The van der Waals surface area contributed by atoms with Gasteiger partial charge in [-0.25, -0.2) is 0 Å². The molecule has 1 aromatic heterocycles. The number of hydrogen-bond donors (Lipinski definition) is 3. The lowest BCUT2D eigenvalue weighted by atomic mass is 10.2. The van der Waals surface area contributed by atoms with Gasteiger partial charge in [0.1, 0.15) is 6.54 Å². The van der Waals surface area contributed by atoms with Gasteiger partial charge in [-0.3, -0.25) is 14.3 Å². The van der Waals surface area contributed by atoms with Crippen molar-refractivity contribution in [2.24, 2.45) is 0 Å². The molecule has 0 aliphatic heterocycles. The number of carbonyl (C=O) groups excluding carboxylic acids is 1. The number of anilines is 2. The van der Waals surface area contributed by atoms with Gasteiger partial charge in [0, 0.05) is 18.0 Å². The Hall–Kier alpha value is -3.09. The lowest BCUT2D eigenvalue weighted by Gasteiger charge is -1.98. The molecule has 0 aliphatic carbocycles. The molecule has 0 saturated heterocycles. The van der Waals surface area contributed by atoms with Crippen LogP contribution in [0.3, 0.4) is 0 Å². The Bertz CT molecular complexity index is 691. The Morgan fingerprint density at radius 1 is 1.43 bits per heavy atom. The summed E-state index contributed by atoms with van der Waals surface area (Å²) in [5.74, 6) is -1.34. The van der Waals surface area contributed by atoms with Crippen LogP contribution in [-0.4, -0.2) is 26.8 Å². The number of nitrogens with two attached hydrogens (primary N) is 1. The van der Waals surface area contributed by atoms with Crippen LogP contribution in [-0.2, 0) is 16.1 Å². The highest BCUT2D eigenvalue weighted by atomic mass is 16.4. The third-order valence-electron chi connectivity index (χ3n) is 2.54. The fourth-order valence-corrected chi connectivity index (χ4v) is 1.67. The zero-order valence-electron chi connectivity index (χ0n) is 11.1. The maximum atomic E-state index is 11.7. The van der Waals surface area contributed by atoms with Gasteiger partial charge in [0.15, 0.2) is 0 Å². The van der Waals surface area contributed by atoms with Crippen LogP contribution in [0.15, 0.2) is 42.7 Å². The number of nitrogens with one attached hydrogen (secondary N) is 1. The van der Waals surface area contributed by atoms with Crippen LogP contribution >= 0.6 is 0 Å². The maximum Gasteiger partial charge on any atom is 0.325 e. The molecule has 1 amide bonds. The van der Waals surface area contributed by atoms with E-state index in [0.29, 0.717) is 11.4 Å². The van der Waals surface area contributed by atoms with Gasteiger partial charge in [-0.2, -0.15) is 5.10 Å². The lowest BCUT2D eigenvalue weighted by Crippen LogP contribution is -2.09. The molecule has 2 rings (SSSR count). The minimum Gasteiger partial charge on any atom is -0.480 e. The third-order valence-corrected chi connectivity index (χ3v) is 2.54. The topological polar surface area (TPSA) is 110 Å².